The zero-order chi connectivity index (χ0) is 14.0. The number of hydrogen-bond donors (Lipinski definition) is 1. The highest BCUT2D eigenvalue weighted by Crippen LogP contribution is 2.39. The van der Waals surface area contributed by atoms with Gasteiger partial charge in [-0.2, -0.15) is 0 Å². The van der Waals surface area contributed by atoms with Crippen molar-refractivity contribution in [2.75, 3.05) is 13.1 Å². The molecule has 2 aliphatic rings. The molecule has 19 heavy (non-hydrogen) atoms. The molecule has 4 atom stereocenters. The molecule has 0 aromatic carbocycles. The molecule has 3 nitrogen and oxygen atoms in total. The SMILES string of the molecule is CC(C)C(CN)C(=O)N1CCC(C)C2CCCCC21. The fourth-order valence-corrected chi connectivity index (χ4v) is 4.06. The molecule has 0 aromatic heterocycles. The molecule has 2 rings (SSSR count). The van der Waals surface area contributed by atoms with Crippen LogP contribution < -0.4 is 5.73 Å². The molecular weight excluding hydrogens is 236 g/mol. The minimum absolute atomic E-state index is 0.0102. The fraction of sp³-hybridized carbons (Fsp3) is 0.938. The zero-order valence-electron chi connectivity index (χ0n) is 12.8. The van der Waals surface area contributed by atoms with Gasteiger partial charge in [0, 0.05) is 19.1 Å². The third kappa shape index (κ3) is 2.96. The predicted octanol–water partition coefficient (Wildman–Crippen LogP) is 2.64. The molecule has 1 aliphatic carbocycles. The summed E-state index contributed by atoms with van der Waals surface area (Å²) in [7, 11) is 0. The first kappa shape index (κ1) is 14.8. The van der Waals surface area contributed by atoms with Crippen LogP contribution in [0, 0.1) is 23.7 Å². The largest absolute Gasteiger partial charge is 0.339 e. The van der Waals surface area contributed by atoms with E-state index < -0.39 is 0 Å². The molecule has 0 aromatic rings. The van der Waals surface area contributed by atoms with Crippen molar-refractivity contribution in [2.24, 2.45) is 29.4 Å². The van der Waals surface area contributed by atoms with Crippen molar-refractivity contribution in [3.63, 3.8) is 0 Å². The summed E-state index contributed by atoms with van der Waals surface area (Å²) in [5.41, 5.74) is 5.83. The molecule has 0 bridgehead atoms. The highest BCUT2D eigenvalue weighted by Gasteiger charge is 2.41. The molecule has 1 amide bonds. The minimum Gasteiger partial charge on any atom is -0.339 e. The number of piperidine rings is 1. The normalized spacial score (nSPS) is 33.1. The standard InChI is InChI=1S/C16H30N2O/c1-11(2)14(10-17)16(19)18-9-8-12(3)13-6-4-5-7-15(13)18/h11-15H,4-10,17H2,1-3H3. The number of rotatable bonds is 3. The van der Waals surface area contributed by atoms with Crippen LogP contribution in [-0.2, 0) is 4.79 Å². The van der Waals surface area contributed by atoms with Gasteiger partial charge in [0.15, 0.2) is 0 Å². The second-order valence-electron chi connectivity index (χ2n) is 6.90. The van der Waals surface area contributed by atoms with Crippen molar-refractivity contribution in [1.29, 1.82) is 0 Å². The van der Waals surface area contributed by atoms with Crippen LogP contribution in [0.3, 0.4) is 0 Å². The van der Waals surface area contributed by atoms with E-state index in [1.165, 1.54) is 32.1 Å². The molecule has 1 saturated carbocycles. The number of hydrogen-bond acceptors (Lipinski definition) is 2. The van der Waals surface area contributed by atoms with Gasteiger partial charge in [0.1, 0.15) is 0 Å². The molecule has 2 N–H and O–H groups in total. The Balaban J connectivity index is 2.12. The number of fused-ring (bicyclic) bond motifs is 1. The summed E-state index contributed by atoms with van der Waals surface area (Å²) in [4.78, 5) is 15.0. The molecule has 0 radical (unpaired) electrons. The van der Waals surface area contributed by atoms with Crippen molar-refractivity contribution < 1.29 is 4.79 Å². The van der Waals surface area contributed by atoms with Crippen LogP contribution >= 0.6 is 0 Å². The van der Waals surface area contributed by atoms with Gasteiger partial charge in [-0.3, -0.25) is 4.79 Å². The van der Waals surface area contributed by atoms with Gasteiger partial charge in [-0.05, 0) is 37.0 Å². The van der Waals surface area contributed by atoms with Gasteiger partial charge in [-0.25, -0.2) is 0 Å². The summed E-state index contributed by atoms with van der Waals surface area (Å²) >= 11 is 0. The van der Waals surface area contributed by atoms with Gasteiger partial charge in [0.25, 0.3) is 0 Å². The second-order valence-corrected chi connectivity index (χ2v) is 6.90. The predicted molar refractivity (Wildman–Crippen MR) is 78.6 cm³/mol. The molecule has 3 heteroatoms. The Hall–Kier alpha value is -0.570. The van der Waals surface area contributed by atoms with Crippen molar-refractivity contribution >= 4 is 5.91 Å². The van der Waals surface area contributed by atoms with Crippen LogP contribution in [0.25, 0.3) is 0 Å². The average Bonchev–Trinajstić information content (AvgIpc) is 2.39. The molecule has 1 heterocycles. The summed E-state index contributed by atoms with van der Waals surface area (Å²) in [6.45, 7) is 8.03. The Kier molecular flexibility index (Phi) is 4.88. The molecule has 110 valence electrons. The van der Waals surface area contributed by atoms with Crippen molar-refractivity contribution in [2.45, 2.75) is 58.9 Å². The Bertz CT molecular complexity index is 316. The van der Waals surface area contributed by atoms with E-state index in [0.29, 0.717) is 24.4 Å². The van der Waals surface area contributed by atoms with Gasteiger partial charge < -0.3 is 10.6 Å². The number of amides is 1. The topological polar surface area (TPSA) is 46.3 Å². The van der Waals surface area contributed by atoms with E-state index in [2.05, 4.69) is 25.7 Å². The first-order valence-corrected chi connectivity index (χ1v) is 8.06. The maximum Gasteiger partial charge on any atom is 0.227 e. The summed E-state index contributed by atoms with van der Waals surface area (Å²) < 4.78 is 0. The first-order valence-electron chi connectivity index (χ1n) is 8.06. The van der Waals surface area contributed by atoms with Gasteiger partial charge in [-0.15, -0.1) is 0 Å². The average molecular weight is 266 g/mol. The molecule has 1 saturated heterocycles. The van der Waals surface area contributed by atoms with Crippen molar-refractivity contribution in [3.8, 4) is 0 Å². The van der Waals surface area contributed by atoms with Gasteiger partial charge >= 0.3 is 0 Å². The summed E-state index contributed by atoms with van der Waals surface area (Å²) in [6, 6.07) is 0.498. The lowest BCUT2D eigenvalue weighted by Gasteiger charge is -2.48. The number of likely N-dealkylation sites (tertiary alicyclic amines) is 1. The zero-order valence-corrected chi connectivity index (χ0v) is 12.8. The third-order valence-electron chi connectivity index (χ3n) is 5.40. The maximum atomic E-state index is 12.8. The summed E-state index contributed by atoms with van der Waals surface area (Å²) in [5.74, 6) is 2.19. The first-order chi connectivity index (χ1) is 9.06. The molecule has 1 aliphatic heterocycles. The van der Waals surface area contributed by atoms with Crippen LogP contribution in [-0.4, -0.2) is 29.9 Å². The number of carbonyl (C=O) groups excluding carboxylic acids is 1. The van der Waals surface area contributed by atoms with Crippen LogP contribution in [0.1, 0.15) is 52.9 Å². The highest BCUT2D eigenvalue weighted by molar-refractivity contribution is 5.79. The second kappa shape index (κ2) is 6.25. The molecule has 4 unspecified atom stereocenters. The van der Waals surface area contributed by atoms with E-state index in [-0.39, 0.29) is 5.92 Å². The maximum absolute atomic E-state index is 12.8. The Morgan fingerprint density at radius 2 is 1.95 bits per heavy atom. The van der Waals surface area contributed by atoms with E-state index in [1.807, 2.05) is 0 Å². The minimum atomic E-state index is 0.0102. The molecule has 2 fully saturated rings. The number of carbonyl (C=O) groups is 1. The van der Waals surface area contributed by atoms with E-state index >= 15 is 0 Å². The highest BCUT2D eigenvalue weighted by atomic mass is 16.2. The van der Waals surface area contributed by atoms with E-state index in [9.17, 15) is 4.79 Å². The van der Waals surface area contributed by atoms with E-state index in [0.717, 1.165) is 18.4 Å². The lowest BCUT2D eigenvalue weighted by atomic mass is 9.72. The van der Waals surface area contributed by atoms with Crippen LogP contribution in [0.2, 0.25) is 0 Å². The van der Waals surface area contributed by atoms with Crippen molar-refractivity contribution in [3.05, 3.63) is 0 Å². The third-order valence-corrected chi connectivity index (χ3v) is 5.40. The quantitative estimate of drug-likeness (QED) is 0.853. The fourth-order valence-electron chi connectivity index (χ4n) is 4.06. The Morgan fingerprint density at radius 3 is 2.58 bits per heavy atom. The van der Waals surface area contributed by atoms with Crippen LogP contribution in [0.5, 0.6) is 0 Å². The van der Waals surface area contributed by atoms with Crippen molar-refractivity contribution in [1.82, 2.24) is 4.90 Å². The Labute approximate surface area is 117 Å². The Morgan fingerprint density at radius 1 is 1.26 bits per heavy atom. The number of nitrogens with two attached hydrogens (primary N) is 1. The van der Waals surface area contributed by atoms with Crippen LogP contribution in [0.15, 0.2) is 0 Å². The summed E-state index contributed by atoms with van der Waals surface area (Å²) in [5, 5.41) is 0. The number of nitrogens with zero attached hydrogens (tertiary/aromatic N) is 1. The van der Waals surface area contributed by atoms with Gasteiger partial charge in [0.2, 0.25) is 5.91 Å². The van der Waals surface area contributed by atoms with Crippen LogP contribution in [0.4, 0.5) is 0 Å². The summed E-state index contributed by atoms with van der Waals surface area (Å²) in [6.07, 6.45) is 6.31. The smallest absolute Gasteiger partial charge is 0.227 e. The van der Waals surface area contributed by atoms with Gasteiger partial charge in [0.05, 0.1) is 5.92 Å². The van der Waals surface area contributed by atoms with E-state index in [1.54, 1.807) is 0 Å². The lowest BCUT2D eigenvalue weighted by Crippen LogP contribution is -2.55. The van der Waals surface area contributed by atoms with Gasteiger partial charge in [-0.1, -0.05) is 33.6 Å². The lowest BCUT2D eigenvalue weighted by molar-refractivity contribution is -0.144. The van der Waals surface area contributed by atoms with E-state index in [4.69, 9.17) is 5.73 Å². The molecule has 0 spiro atoms. The molecular formula is C16H30N2O. The monoisotopic (exact) mass is 266 g/mol.